The summed E-state index contributed by atoms with van der Waals surface area (Å²) in [5.41, 5.74) is 2.51. The Morgan fingerprint density at radius 1 is 1.07 bits per heavy atom. The van der Waals surface area contributed by atoms with Gasteiger partial charge in [-0.2, -0.15) is 0 Å². The summed E-state index contributed by atoms with van der Waals surface area (Å²) in [7, 11) is 3.28. The molecule has 0 saturated heterocycles. The maximum atomic E-state index is 12.7. The topological polar surface area (TPSA) is 95.9 Å². The average Bonchev–Trinajstić information content (AvgIpc) is 2.60. The van der Waals surface area contributed by atoms with Gasteiger partial charge < -0.3 is 20.1 Å². The largest absolute Gasteiger partial charge is 0.481 e. The zero-order chi connectivity index (χ0) is 20.1. The molecule has 0 aliphatic heterocycles. The Bertz CT molecular complexity index is 867. The van der Waals surface area contributed by atoms with Crippen molar-refractivity contribution in [3.05, 3.63) is 58.7 Å². The second-order valence-corrected chi connectivity index (χ2v) is 6.32. The van der Waals surface area contributed by atoms with Crippen molar-refractivity contribution in [1.29, 1.82) is 0 Å². The number of para-hydroxylation sites is 1. The number of hydrogen-bond acceptors (Lipinski definition) is 4. The van der Waals surface area contributed by atoms with Crippen LogP contribution < -0.4 is 10.1 Å². The molecule has 2 aromatic rings. The molecule has 0 aliphatic carbocycles. The first kappa shape index (κ1) is 20.0. The summed E-state index contributed by atoms with van der Waals surface area (Å²) >= 11 is 0. The van der Waals surface area contributed by atoms with Crippen LogP contribution in [0.5, 0.6) is 5.75 Å². The van der Waals surface area contributed by atoms with Crippen LogP contribution in [0.2, 0.25) is 0 Å². The molecule has 142 valence electrons. The highest BCUT2D eigenvalue weighted by Gasteiger charge is 2.17. The maximum Gasteiger partial charge on any atom is 0.341 e. The van der Waals surface area contributed by atoms with Crippen molar-refractivity contribution in [3.63, 3.8) is 0 Å². The normalized spacial score (nSPS) is 10.2. The van der Waals surface area contributed by atoms with Crippen LogP contribution in [0.1, 0.15) is 31.8 Å². The highest BCUT2D eigenvalue weighted by Crippen LogP contribution is 2.26. The van der Waals surface area contributed by atoms with Gasteiger partial charge in [-0.05, 0) is 49.2 Å². The van der Waals surface area contributed by atoms with Gasteiger partial charge in [0.05, 0.1) is 11.3 Å². The van der Waals surface area contributed by atoms with E-state index in [4.69, 9.17) is 9.84 Å². The number of carboxylic acid groups (broad SMARTS) is 1. The summed E-state index contributed by atoms with van der Waals surface area (Å²) in [6.07, 6.45) is 0. The Morgan fingerprint density at radius 3 is 2.22 bits per heavy atom. The first-order chi connectivity index (χ1) is 12.7. The first-order valence-electron chi connectivity index (χ1n) is 8.28. The van der Waals surface area contributed by atoms with Crippen LogP contribution in [-0.2, 0) is 4.79 Å². The molecule has 2 aromatic carbocycles. The Labute approximate surface area is 157 Å². The van der Waals surface area contributed by atoms with E-state index in [1.54, 1.807) is 64.3 Å². The van der Waals surface area contributed by atoms with Crippen molar-refractivity contribution >= 4 is 23.5 Å². The Morgan fingerprint density at radius 2 is 1.67 bits per heavy atom. The smallest absolute Gasteiger partial charge is 0.341 e. The number of ether oxygens (including phenoxy) is 1. The number of nitrogens with zero attached hydrogens (tertiary/aromatic N) is 1. The van der Waals surface area contributed by atoms with Crippen LogP contribution in [-0.4, -0.2) is 48.5 Å². The van der Waals surface area contributed by atoms with Gasteiger partial charge in [0.25, 0.3) is 11.8 Å². The first-order valence-corrected chi connectivity index (χ1v) is 8.28. The quantitative estimate of drug-likeness (QED) is 0.815. The molecule has 0 atom stereocenters. The van der Waals surface area contributed by atoms with E-state index >= 15 is 0 Å². The molecule has 0 heterocycles. The molecule has 0 aromatic heterocycles. The minimum atomic E-state index is -1.07. The number of nitrogens with one attached hydrogen (secondary N) is 1. The number of aryl methyl sites for hydroxylation is 2. The number of carbonyl (C=O) groups is 3. The second kappa shape index (κ2) is 8.35. The summed E-state index contributed by atoms with van der Waals surface area (Å²) in [4.78, 5) is 37.1. The number of aliphatic carboxylic acids is 1. The van der Waals surface area contributed by atoms with E-state index in [0.717, 1.165) is 0 Å². The molecule has 0 spiro atoms. The third kappa shape index (κ3) is 4.84. The summed E-state index contributed by atoms with van der Waals surface area (Å²) in [6.45, 7) is 3.03. The fourth-order valence-electron chi connectivity index (χ4n) is 2.66. The van der Waals surface area contributed by atoms with Crippen LogP contribution in [0.4, 0.5) is 5.69 Å². The SMILES string of the molecule is Cc1cc(C(=O)Nc2ccccc2C(=O)N(C)C)cc(C)c1OCC(=O)O. The van der Waals surface area contributed by atoms with Crippen molar-refractivity contribution in [3.8, 4) is 5.75 Å². The minimum Gasteiger partial charge on any atom is -0.481 e. The molecule has 0 saturated carbocycles. The number of rotatable bonds is 6. The zero-order valence-corrected chi connectivity index (χ0v) is 15.7. The summed E-state index contributed by atoms with van der Waals surface area (Å²) < 4.78 is 5.28. The van der Waals surface area contributed by atoms with Crippen molar-refractivity contribution < 1.29 is 24.2 Å². The molecule has 2 rings (SSSR count). The van der Waals surface area contributed by atoms with Crippen molar-refractivity contribution in [2.45, 2.75) is 13.8 Å². The second-order valence-electron chi connectivity index (χ2n) is 6.32. The third-order valence-corrected chi connectivity index (χ3v) is 3.87. The molecule has 0 radical (unpaired) electrons. The fourth-order valence-corrected chi connectivity index (χ4v) is 2.66. The van der Waals surface area contributed by atoms with Crippen LogP contribution in [0, 0.1) is 13.8 Å². The molecule has 0 bridgehead atoms. The van der Waals surface area contributed by atoms with Gasteiger partial charge in [0.2, 0.25) is 0 Å². The molecule has 0 aliphatic rings. The Hall–Kier alpha value is -3.35. The predicted octanol–water partition coefficient (Wildman–Crippen LogP) is 2.72. The lowest BCUT2D eigenvalue weighted by Crippen LogP contribution is -2.24. The molecule has 2 N–H and O–H groups in total. The van der Waals surface area contributed by atoms with E-state index < -0.39 is 12.6 Å². The zero-order valence-electron chi connectivity index (χ0n) is 15.7. The number of carboxylic acids is 1. The van der Waals surface area contributed by atoms with Crippen LogP contribution >= 0.6 is 0 Å². The van der Waals surface area contributed by atoms with Gasteiger partial charge in [0.15, 0.2) is 6.61 Å². The third-order valence-electron chi connectivity index (χ3n) is 3.87. The van der Waals surface area contributed by atoms with E-state index in [-0.39, 0.29) is 11.8 Å². The van der Waals surface area contributed by atoms with Crippen molar-refractivity contribution in [2.24, 2.45) is 0 Å². The number of amides is 2. The molecule has 0 unspecified atom stereocenters. The highest BCUT2D eigenvalue weighted by molar-refractivity contribution is 6.09. The summed E-state index contributed by atoms with van der Waals surface area (Å²) in [5.74, 6) is -1.21. The minimum absolute atomic E-state index is 0.212. The van der Waals surface area contributed by atoms with Gasteiger partial charge in [-0.1, -0.05) is 12.1 Å². The summed E-state index contributed by atoms with van der Waals surface area (Å²) in [6, 6.07) is 10.0. The predicted molar refractivity (Wildman–Crippen MR) is 101 cm³/mol. The average molecular weight is 370 g/mol. The monoisotopic (exact) mass is 370 g/mol. The van der Waals surface area contributed by atoms with E-state index in [1.165, 1.54) is 4.90 Å². The molecule has 7 heteroatoms. The van der Waals surface area contributed by atoms with Gasteiger partial charge >= 0.3 is 5.97 Å². The Kier molecular flexibility index (Phi) is 6.18. The van der Waals surface area contributed by atoms with E-state index in [2.05, 4.69) is 5.32 Å². The number of carbonyl (C=O) groups excluding carboxylic acids is 2. The van der Waals surface area contributed by atoms with Crippen LogP contribution in [0.3, 0.4) is 0 Å². The van der Waals surface area contributed by atoms with Gasteiger partial charge in [0.1, 0.15) is 5.75 Å². The van der Waals surface area contributed by atoms with Crippen LogP contribution in [0.15, 0.2) is 36.4 Å². The van der Waals surface area contributed by atoms with Gasteiger partial charge in [-0.15, -0.1) is 0 Å². The fraction of sp³-hybridized carbons (Fsp3) is 0.250. The molecular weight excluding hydrogens is 348 g/mol. The van der Waals surface area contributed by atoms with E-state index in [9.17, 15) is 14.4 Å². The lowest BCUT2D eigenvalue weighted by Gasteiger charge is -2.16. The van der Waals surface area contributed by atoms with Gasteiger partial charge in [-0.3, -0.25) is 9.59 Å². The van der Waals surface area contributed by atoms with E-state index in [1.807, 2.05) is 0 Å². The van der Waals surface area contributed by atoms with E-state index in [0.29, 0.717) is 33.7 Å². The molecular formula is C20H22N2O5. The Balaban J connectivity index is 2.27. The molecule has 7 nitrogen and oxygen atoms in total. The lowest BCUT2D eigenvalue weighted by molar-refractivity contribution is -0.139. The summed E-state index contributed by atoms with van der Waals surface area (Å²) in [5, 5.41) is 11.5. The molecule has 2 amide bonds. The van der Waals surface area contributed by atoms with Crippen molar-refractivity contribution in [2.75, 3.05) is 26.0 Å². The number of anilines is 1. The van der Waals surface area contributed by atoms with Gasteiger partial charge in [-0.25, -0.2) is 4.79 Å². The van der Waals surface area contributed by atoms with Gasteiger partial charge in [0, 0.05) is 19.7 Å². The molecule has 0 fully saturated rings. The maximum absolute atomic E-state index is 12.7. The highest BCUT2D eigenvalue weighted by atomic mass is 16.5. The van der Waals surface area contributed by atoms with Crippen molar-refractivity contribution in [1.82, 2.24) is 4.90 Å². The lowest BCUT2D eigenvalue weighted by atomic mass is 10.0. The molecule has 27 heavy (non-hydrogen) atoms. The number of benzene rings is 2. The number of hydrogen-bond donors (Lipinski definition) is 2. The van der Waals surface area contributed by atoms with Crippen LogP contribution in [0.25, 0.3) is 0 Å². The standard InChI is InChI=1S/C20H22N2O5/c1-12-9-14(10-13(2)18(12)27-11-17(23)24)19(25)21-16-8-6-5-7-15(16)20(26)22(3)4/h5-10H,11H2,1-4H3,(H,21,25)(H,23,24).